The molecule has 4 heteroatoms. The molecule has 4 nitrogen and oxygen atoms in total. The topological polar surface area (TPSA) is 49.4 Å². The first-order valence-corrected chi connectivity index (χ1v) is 4.87. The Morgan fingerprint density at radius 2 is 2.07 bits per heavy atom. The summed E-state index contributed by atoms with van der Waals surface area (Å²) in [5.41, 5.74) is 2.97. The predicted molar refractivity (Wildman–Crippen MR) is 55.8 cm³/mol. The molecule has 1 atom stereocenters. The molecular formula is C10H20N2O2. The number of aldehydes is 1. The third-order valence-electron chi connectivity index (χ3n) is 1.74. The van der Waals surface area contributed by atoms with Crippen LogP contribution in [0.25, 0.3) is 0 Å². The maximum atomic E-state index is 10.8. The summed E-state index contributed by atoms with van der Waals surface area (Å²) < 4.78 is 0. The van der Waals surface area contributed by atoms with E-state index in [2.05, 4.69) is 19.3 Å². The van der Waals surface area contributed by atoms with Crippen LogP contribution >= 0.6 is 0 Å². The number of hydrogen-bond donors (Lipinski definition) is 1. The Kier molecular flexibility index (Phi) is 6.32. The number of Topliss-reactive ketones (excluding diaryl/α,β-unsaturated/α-hetero) is 1. The number of ketones is 1. The zero-order chi connectivity index (χ0) is 11.1. The number of hydrazine groups is 1. The molecule has 0 unspecified atom stereocenters. The summed E-state index contributed by atoms with van der Waals surface area (Å²) in [4.78, 5) is 21.5. The van der Waals surface area contributed by atoms with Crippen molar-refractivity contribution in [1.29, 1.82) is 0 Å². The van der Waals surface area contributed by atoms with Crippen LogP contribution < -0.4 is 5.43 Å². The van der Waals surface area contributed by atoms with Gasteiger partial charge in [-0.25, -0.2) is 10.4 Å². The van der Waals surface area contributed by atoms with Gasteiger partial charge in [-0.2, -0.15) is 0 Å². The van der Waals surface area contributed by atoms with Crippen molar-refractivity contribution in [1.82, 2.24) is 10.4 Å². The van der Waals surface area contributed by atoms with Crippen LogP contribution in [0, 0.1) is 5.92 Å². The lowest BCUT2D eigenvalue weighted by atomic mass is 10.1. The molecule has 0 spiro atoms. The first-order valence-electron chi connectivity index (χ1n) is 4.87. The Bertz CT molecular complexity index is 193. The zero-order valence-electron chi connectivity index (χ0n) is 9.41. The molecule has 1 N–H and O–H groups in total. The van der Waals surface area contributed by atoms with Gasteiger partial charge in [0.25, 0.3) is 0 Å². The maximum Gasteiger partial charge on any atom is 0.145 e. The minimum Gasteiger partial charge on any atom is -0.302 e. The summed E-state index contributed by atoms with van der Waals surface area (Å²) in [6, 6.07) is -0.195. The van der Waals surface area contributed by atoms with E-state index in [0.29, 0.717) is 12.5 Å². The number of carbonyl (C=O) groups is 2. The van der Waals surface area contributed by atoms with Gasteiger partial charge in [0.1, 0.15) is 12.1 Å². The predicted octanol–water partition coefficient (Wildman–Crippen LogP) is 0.625. The lowest BCUT2D eigenvalue weighted by Gasteiger charge is -2.22. The molecular weight excluding hydrogens is 180 g/mol. The number of hydrogen-bond acceptors (Lipinski definition) is 4. The maximum absolute atomic E-state index is 10.8. The Labute approximate surface area is 85.6 Å². The van der Waals surface area contributed by atoms with Crippen LogP contribution in [0.15, 0.2) is 0 Å². The summed E-state index contributed by atoms with van der Waals surface area (Å²) in [5, 5.41) is 1.66. The number of likely N-dealkylation sites (N-methyl/N-ethyl adjacent to an activating group) is 1. The Balaban J connectivity index is 3.91. The van der Waals surface area contributed by atoms with Crippen molar-refractivity contribution in [3.05, 3.63) is 0 Å². The first kappa shape index (κ1) is 13.3. The molecule has 0 aromatic rings. The van der Waals surface area contributed by atoms with Crippen LogP contribution in [0.5, 0.6) is 0 Å². The third-order valence-corrected chi connectivity index (χ3v) is 1.74. The van der Waals surface area contributed by atoms with Crippen LogP contribution in [0.2, 0.25) is 0 Å². The number of carbonyl (C=O) groups excluding carboxylic acids is 2. The molecule has 0 rings (SSSR count). The van der Waals surface area contributed by atoms with Gasteiger partial charge in [0.05, 0.1) is 12.6 Å². The standard InChI is InChI=1S/C10H20N2O2/c1-8(2)5-10(7-13)11-12(4)6-9(3)14/h7-8,10-11H,5-6H2,1-4H3/t10-/m0/s1. The summed E-state index contributed by atoms with van der Waals surface area (Å²) in [6.45, 7) is 5.96. The average Bonchev–Trinajstić information content (AvgIpc) is 2.00. The Morgan fingerprint density at radius 3 is 2.43 bits per heavy atom. The number of rotatable bonds is 7. The molecule has 14 heavy (non-hydrogen) atoms. The normalized spacial score (nSPS) is 13.3. The van der Waals surface area contributed by atoms with E-state index >= 15 is 0 Å². The second-order valence-corrected chi connectivity index (χ2v) is 4.06. The van der Waals surface area contributed by atoms with Crippen molar-refractivity contribution in [2.75, 3.05) is 13.6 Å². The van der Waals surface area contributed by atoms with E-state index in [9.17, 15) is 9.59 Å². The van der Waals surface area contributed by atoms with Gasteiger partial charge in [-0.05, 0) is 19.3 Å². The van der Waals surface area contributed by atoms with Gasteiger partial charge < -0.3 is 4.79 Å². The van der Waals surface area contributed by atoms with E-state index in [-0.39, 0.29) is 11.8 Å². The molecule has 0 aliphatic heterocycles. The van der Waals surface area contributed by atoms with Crippen molar-refractivity contribution in [3.8, 4) is 0 Å². The van der Waals surface area contributed by atoms with Crippen LogP contribution in [0.4, 0.5) is 0 Å². The second-order valence-electron chi connectivity index (χ2n) is 4.06. The SMILES string of the molecule is CC(=O)CN(C)N[C@H](C=O)CC(C)C. The summed E-state index contributed by atoms with van der Waals surface area (Å²) in [5.74, 6) is 0.539. The van der Waals surface area contributed by atoms with E-state index in [1.165, 1.54) is 6.92 Å². The molecule has 0 saturated heterocycles. The molecule has 0 aliphatic carbocycles. The molecule has 0 fully saturated rings. The fourth-order valence-electron chi connectivity index (χ4n) is 1.31. The highest BCUT2D eigenvalue weighted by Gasteiger charge is 2.11. The summed E-state index contributed by atoms with van der Waals surface area (Å²) in [7, 11) is 1.76. The van der Waals surface area contributed by atoms with E-state index < -0.39 is 0 Å². The first-order chi connectivity index (χ1) is 6.45. The smallest absolute Gasteiger partial charge is 0.145 e. The van der Waals surface area contributed by atoms with Gasteiger partial charge in [0, 0.05) is 7.05 Å². The van der Waals surface area contributed by atoms with Crippen molar-refractivity contribution < 1.29 is 9.59 Å². The minimum atomic E-state index is -0.195. The molecule has 0 heterocycles. The molecule has 0 saturated carbocycles. The minimum absolute atomic E-state index is 0.0780. The Hall–Kier alpha value is -0.740. The molecule has 0 radical (unpaired) electrons. The van der Waals surface area contributed by atoms with Gasteiger partial charge in [0.15, 0.2) is 0 Å². The van der Waals surface area contributed by atoms with Crippen molar-refractivity contribution >= 4 is 12.1 Å². The van der Waals surface area contributed by atoms with Crippen LogP contribution in [-0.2, 0) is 9.59 Å². The lowest BCUT2D eigenvalue weighted by molar-refractivity contribution is -0.119. The van der Waals surface area contributed by atoms with E-state index in [1.807, 2.05) is 0 Å². The van der Waals surface area contributed by atoms with Gasteiger partial charge in [-0.3, -0.25) is 4.79 Å². The monoisotopic (exact) mass is 200 g/mol. The van der Waals surface area contributed by atoms with E-state index in [0.717, 1.165) is 12.7 Å². The zero-order valence-corrected chi connectivity index (χ0v) is 9.41. The number of nitrogens with zero attached hydrogens (tertiary/aromatic N) is 1. The Morgan fingerprint density at radius 1 is 1.50 bits per heavy atom. The lowest BCUT2D eigenvalue weighted by Crippen LogP contribution is -2.45. The quantitative estimate of drug-likeness (QED) is 0.483. The number of nitrogens with one attached hydrogen (secondary N) is 1. The molecule has 0 amide bonds. The molecule has 0 bridgehead atoms. The van der Waals surface area contributed by atoms with Crippen LogP contribution in [0.1, 0.15) is 27.2 Å². The largest absolute Gasteiger partial charge is 0.302 e. The molecule has 0 aliphatic rings. The van der Waals surface area contributed by atoms with E-state index in [1.54, 1.807) is 12.1 Å². The second kappa shape index (κ2) is 6.68. The van der Waals surface area contributed by atoms with Crippen molar-refractivity contribution in [2.45, 2.75) is 33.2 Å². The molecule has 0 aromatic carbocycles. The van der Waals surface area contributed by atoms with Crippen molar-refractivity contribution in [2.24, 2.45) is 5.92 Å². The van der Waals surface area contributed by atoms with Crippen LogP contribution in [-0.4, -0.2) is 36.7 Å². The average molecular weight is 200 g/mol. The molecule has 82 valence electrons. The van der Waals surface area contributed by atoms with Gasteiger partial charge in [-0.15, -0.1) is 0 Å². The summed E-state index contributed by atoms with van der Waals surface area (Å²) >= 11 is 0. The molecule has 0 aromatic heterocycles. The fraction of sp³-hybridized carbons (Fsp3) is 0.800. The van der Waals surface area contributed by atoms with Crippen molar-refractivity contribution in [3.63, 3.8) is 0 Å². The van der Waals surface area contributed by atoms with E-state index in [4.69, 9.17) is 0 Å². The highest BCUT2D eigenvalue weighted by atomic mass is 16.1. The van der Waals surface area contributed by atoms with Gasteiger partial charge >= 0.3 is 0 Å². The fourth-order valence-corrected chi connectivity index (χ4v) is 1.31. The van der Waals surface area contributed by atoms with Crippen LogP contribution in [0.3, 0.4) is 0 Å². The third kappa shape index (κ3) is 6.74. The highest BCUT2D eigenvalue weighted by Crippen LogP contribution is 2.02. The highest BCUT2D eigenvalue weighted by molar-refractivity contribution is 5.77. The summed E-state index contributed by atoms with van der Waals surface area (Å²) in [6.07, 6.45) is 1.67. The van der Waals surface area contributed by atoms with Gasteiger partial charge in [0.2, 0.25) is 0 Å². The van der Waals surface area contributed by atoms with Gasteiger partial charge in [-0.1, -0.05) is 13.8 Å².